The van der Waals surface area contributed by atoms with E-state index in [9.17, 15) is 5.11 Å². The number of halogens is 1. The maximum atomic E-state index is 10.7. The lowest BCUT2D eigenvalue weighted by atomic mass is 9.98. The molecular formula is C21H18ClNO2. The quantitative estimate of drug-likeness (QED) is 0.411. The van der Waals surface area contributed by atoms with Gasteiger partial charge in [-0.05, 0) is 29.7 Å². The maximum Gasteiger partial charge on any atom is 0.221 e. The molecule has 4 heteroatoms. The average molecular weight is 352 g/mol. The fourth-order valence-corrected chi connectivity index (χ4v) is 4.20. The highest BCUT2D eigenvalue weighted by Gasteiger charge is 2.30. The Kier molecular flexibility index (Phi) is 3.69. The monoisotopic (exact) mass is 351 g/mol. The number of hydrogen-bond acceptors (Lipinski definition) is 2. The van der Waals surface area contributed by atoms with Gasteiger partial charge in [-0.1, -0.05) is 24.3 Å². The number of nitrogens with zero attached hydrogens (tertiary/aromatic N) is 1. The van der Waals surface area contributed by atoms with Crippen LogP contribution < -0.4 is 21.7 Å². The largest absolute Gasteiger partial charge is 1.00 e. The molecule has 0 aliphatic carbocycles. The fraction of sp³-hybridized carbons (Fsp3) is 0.190. The SMILES string of the molecule is COc1ccc2c(c1O)c1[n+](c3c4ccccc4ccc23)CCC1.[Cl-]. The first kappa shape index (κ1) is 16.0. The van der Waals surface area contributed by atoms with Crippen molar-refractivity contribution in [1.29, 1.82) is 0 Å². The van der Waals surface area contributed by atoms with Gasteiger partial charge in [-0.25, -0.2) is 0 Å². The summed E-state index contributed by atoms with van der Waals surface area (Å²) in [6.45, 7) is 0.992. The van der Waals surface area contributed by atoms with Crippen molar-refractivity contribution in [2.45, 2.75) is 19.4 Å². The van der Waals surface area contributed by atoms with Crippen LogP contribution in [0.3, 0.4) is 0 Å². The van der Waals surface area contributed by atoms with Gasteiger partial charge in [0.1, 0.15) is 6.54 Å². The second-order valence-corrected chi connectivity index (χ2v) is 6.42. The van der Waals surface area contributed by atoms with Gasteiger partial charge in [-0.15, -0.1) is 0 Å². The first-order chi connectivity index (χ1) is 11.8. The van der Waals surface area contributed by atoms with Gasteiger partial charge in [0, 0.05) is 18.2 Å². The van der Waals surface area contributed by atoms with E-state index in [0.717, 1.165) is 30.2 Å². The number of benzene rings is 3. The van der Waals surface area contributed by atoms with Crippen LogP contribution in [0.5, 0.6) is 11.5 Å². The van der Waals surface area contributed by atoms with E-state index in [0.29, 0.717) is 5.75 Å². The van der Waals surface area contributed by atoms with Crippen LogP contribution in [0.1, 0.15) is 12.1 Å². The Labute approximate surface area is 151 Å². The zero-order chi connectivity index (χ0) is 16.3. The highest BCUT2D eigenvalue weighted by Crippen LogP contribution is 2.40. The molecule has 0 unspecified atom stereocenters. The van der Waals surface area contributed by atoms with Crippen molar-refractivity contribution in [3.8, 4) is 11.5 Å². The molecular weight excluding hydrogens is 334 g/mol. The Hall–Kier alpha value is -2.52. The van der Waals surface area contributed by atoms with Crippen LogP contribution in [0.15, 0.2) is 48.5 Å². The Balaban J connectivity index is 0.00000157. The Morgan fingerprint density at radius 1 is 0.960 bits per heavy atom. The molecule has 1 aliphatic heterocycles. The number of aryl methyl sites for hydroxylation is 2. The van der Waals surface area contributed by atoms with Crippen LogP contribution >= 0.6 is 0 Å². The van der Waals surface area contributed by atoms with Crippen LogP contribution in [0.25, 0.3) is 32.4 Å². The molecule has 0 spiro atoms. The zero-order valence-corrected chi connectivity index (χ0v) is 14.7. The van der Waals surface area contributed by atoms with Crippen LogP contribution in [0.4, 0.5) is 0 Å². The number of ether oxygens (including phenoxy) is 1. The molecule has 1 N–H and O–H groups in total. The minimum atomic E-state index is 0. The highest BCUT2D eigenvalue weighted by molar-refractivity contribution is 6.15. The average Bonchev–Trinajstić information content (AvgIpc) is 3.10. The molecule has 0 saturated heterocycles. The topological polar surface area (TPSA) is 33.3 Å². The minimum Gasteiger partial charge on any atom is -1.00 e. The number of hydrogen-bond donors (Lipinski definition) is 1. The van der Waals surface area contributed by atoms with E-state index in [1.54, 1.807) is 7.11 Å². The number of fused-ring (bicyclic) bond motifs is 8. The molecule has 0 atom stereocenters. The molecule has 0 fully saturated rings. The fourth-order valence-electron chi connectivity index (χ4n) is 4.20. The maximum absolute atomic E-state index is 10.7. The first-order valence-corrected chi connectivity index (χ1v) is 8.35. The van der Waals surface area contributed by atoms with Crippen molar-refractivity contribution in [2.75, 3.05) is 7.11 Å². The third-order valence-electron chi connectivity index (χ3n) is 5.23. The van der Waals surface area contributed by atoms with Crippen molar-refractivity contribution in [3.05, 3.63) is 54.2 Å². The summed E-state index contributed by atoms with van der Waals surface area (Å²) in [6.07, 6.45) is 2.09. The smallest absolute Gasteiger partial charge is 0.221 e. The van der Waals surface area contributed by atoms with Gasteiger partial charge < -0.3 is 22.3 Å². The molecule has 2 heterocycles. The Morgan fingerprint density at radius 2 is 1.76 bits per heavy atom. The van der Waals surface area contributed by atoms with Crippen LogP contribution in [-0.4, -0.2) is 12.2 Å². The summed E-state index contributed by atoms with van der Waals surface area (Å²) >= 11 is 0. The molecule has 0 bridgehead atoms. The van der Waals surface area contributed by atoms with Crippen LogP contribution in [-0.2, 0) is 13.0 Å². The molecule has 0 radical (unpaired) electrons. The van der Waals surface area contributed by atoms with Gasteiger partial charge in [0.05, 0.1) is 23.3 Å². The minimum absolute atomic E-state index is 0. The number of aromatic nitrogens is 1. The molecule has 126 valence electrons. The third-order valence-corrected chi connectivity index (χ3v) is 5.23. The number of aromatic hydroxyl groups is 1. The van der Waals surface area contributed by atoms with E-state index in [1.165, 1.54) is 27.4 Å². The number of phenols is 1. The lowest BCUT2D eigenvalue weighted by molar-refractivity contribution is -0.662. The number of rotatable bonds is 1. The summed E-state index contributed by atoms with van der Waals surface area (Å²) in [5, 5.41) is 16.5. The van der Waals surface area contributed by atoms with Crippen molar-refractivity contribution in [3.63, 3.8) is 0 Å². The van der Waals surface area contributed by atoms with Gasteiger partial charge in [0.15, 0.2) is 17.2 Å². The van der Waals surface area contributed by atoms with Crippen molar-refractivity contribution in [2.24, 2.45) is 0 Å². The summed E-state index contributed by atoms with van der Waals surface area (Å²) in [5.74, 6) is 0.799. The van der Waals surface area contributed by atoms with Gasteiger partial charge in [0.25, 0.3) is 0 Å². The van der Waals surface area contributed by atoms with Gasteiger partial charge >= 0.3 is 0 Å². The van der Waals surface area contributed by atoms with E-state index < -0.39 is 0 Å². The second kappa shape index (κ2) is 5.78. The van der Waals surface area contributed by atoms with Crippen LogP contribution in [0, 0.1) is 0 Å². The zero-order valence-electron chi connectivity index (χ0n) is 13.9. The lowest BCUT2D eigenvalue weighted by Gasteiger charge is -2.11. The number of pyridine rings is 1. The highest BCUT2D eigenvalue weighted by atomic mass is 35.5. The molecule has 3 nitrogen and oxygen atoms in total. The van der Waals surface area contributed by atoms with E-state index in [1.807, 2.05) is 6.07 Å². The van der Waals surface area contributed by atoms with Gasteiger partial charge in [-0.2, -0.15) is 4.57 Å². The molecule has 1 aromatic heterocycles. The van der Waals surface area contributed by atoms with E-state index in [4.69, 9.17) is 4.74 Å². The summed E-state index contributed by atoms with van der Waals surface area (Å²) in [7, 11) is 1.60. The van der Waals surface area contributed by atoms with Crippen molar-refractivity contribution in [1.82, 2.24) is 0 Å². The molecule has 0 saturated carbocycles. The van der Waals surface area contributed by atoms with Gasteiger partial charge in [-0.3, -0.25) is 0 Å². The van der Waals surface area contributed by atoms with E-state index in [2.05, 4.69) is 47.0 Å². The summed E-state index contributed by atoms with van der Waals surface area (Å²) in [6, 6.07) is 16.8. The number of phenolic OH excluding ortho intramolecular Hbond substituents is 1. The lowest BCUT2D eigenvalue weighted by Crippen LogP contribution is -3.00. The number of methoxy groups -OCH3 is 1. The van der Waals surface area contributed by atoms with E-state index in [-0.39, 0.29) is 18.2 Å². The molecule has 5 rings (SSSR count). The van der Waals surface area contributed by atoms with Crippen molar-refractivity contribution >= 4 is 32.4 Å². The molecule has 4 aromatic rings. The first-order valence-electron chi connectivity index (χ1n) is 8.35. The predicted octanol–water partition coefficient (Wildman–Crippen LogP) is 1.10. The normalized spacial score (nSPS) is 13.2. The van der Waals surface area contributed by atoms with Crippen LogP contribution in [0.2, 0.25) is 0 Å². The molecule has 1 aliphatic rings. The summed E-state index contributed by atoms with van der Waals surface area (Å²) in [5.41, 5.74) is 2.49. The molecule has 3 aromatic carbocycles. The molecule has 0 amide bonds. The Morgan fingerprint density at radius 3 is 2.60 bits per heavy atom. The summed E-state index contributed by atoms with van der Waals surface area (Å²) in [4.78, 5) is 0. The predicted molar refractivity (Wildman–Crippen MR) is 95.7 cm³/mol. The van der Waals surface area contributed by atoms with Gasteiger partial charge in [0.2, 0.25) is 5.52 Å². The standard InChI is InChI=1S/C21H17NO2.ClH/c1-24-18-11-10-15-16-9-8-13-5-2-3-6-14(13)20(16)22-12-4-7-17(22)19(15)21(18)23;/h2-3,5-6,8-11H,4,7,12H2,1H3;1H. The second-order valence-electron chi connectivity index (χ2n) is 6.42. The third kappa shape index (κ3) is 2.09. The Bertz CT molecular complexity index is 1140. The van der Waals surface area contributed by atoms with E-state index >= 15 is 0 Å². The molecule has 25 heavy (non-hydrogen) atoms. The summed E-state index contributed by atoms with van der Waals surface area (Å²) < 4.78 is 7.72. The van der Waals surface area contributed by atoms with Crippen molar-refractivity contribution < 1.29 is 26.8 Å².